The third kappa shape index (κ3) is 15.1. The van der Waals surface area contributed by atoms with Gasteiger partial charge in [-0.05, 0) is 41.8 Å². The molecular formula is C23H24N5Na3O14S4. The Morgan fingerprint density at radius 1 is 1.02 bits per heavy atom. The second kappa shape index (κ2) is 23.2. The number of azo groups is 1. The molecule has 0 aliphatic carbocycles. The Morgan fingerprint density at radius 2 is 1.69 bits per heavy atom. The summed E-state index contributed by atoms with van der Waals surface area (Å²) in [4.78, 5) is 11.5. The van der Waals surface area contributed by atoms with Crippen molar-refractivity contribution in [2.75, 3.05) is 36.6 Å². The summed E-state index contributed by atoms with van der Waals surface area (Å²) in [7, 11) is -8.57. The topological polar surface area (TPSA) is 296 Å². The van der Waals surface area contributed by atoms with Crippen molar-refractivity contribution in [3.05, 3.63) is 48.4 Å². The minimum atomic E-state index is -5.16. The van der Waals surface area contributed by atoms with Crippen LogP contribution in [-0.2, 0) is 43.4 Å². The number of hydrogen-bond donors (Lipinski definition) is 4. The van der Waals surface area contributed by atoms with Gasteiger partial charge in [0.25, 0.3) is 0 Å². The van der Waals surface area contributed by atoms with Gasteiger partial charge in [0.1, 0.15) is 27.2 Å². The van der Waals surface area contributed by atoms with Crippen molar-refractivity contribution in [2.45, 2.75) is 14.7 Å². The molecule has 0 aliphatic rings. The number of nitrogens with two attached hydrogens (primary N) is 1. The molecule has 0 atom stereocenters. The number of hydrogen-bond acceptors (Lipinski definition) is 19. The van der Waals surface area contributed by atoms with E-state index in [-0.39, 0.29) is 148 Å². The summed E-state index contributed by atoms with van der Waals surface area (Å²) < 4.78 is 72.2. The van der Waals surface area contributed by atoms with E-state index in [0.717, 1.165) is 17.5 Å². The Hall–Kier alpha value is -0.590. The smallest absolute Gasteiger partial charge is 0.744 e. The molecule has 3 aromatic carbocycles. The zero-order valence-electron chi connectivity index (χ0n) is 25.9. The van der Waals surface area contributed by atoms with E-state index < -0.39 is 48.0 Å². The Bertz CT molecular complexity index is 1850. The van der Waals surface area contributed by atoms with Crippen LogP contribution >= 0.6 is 24.1 Å². The molecule has 0 saturated carbocycles. The Kier molecular flexibility index (Phi) is 22.9. The number of benzene rings is 3. The van der Waals surface area contributed by atoms with Crippen LogP contribution in [0.15, 0.2) is 73.3 Å². The van der Waals surface area contributed by atoms with E-state index >= 15 is 0 Å². The van der Waals surface area contributed by atoms with Crippen molar-refractivity contribution in [1.82, 2.24) is 5.32 Å². The summed E-state index contributed by atoms with van der Waals surface area (Å²) >= 11 is 0.747. The number of urea groups is 1. The van der Waals surface area contributed by atoms with Gasteiger partial charge in [-0.3, -0.25) is 10.1 Å². The maximum Gasteiger partial charge on any atom is 1.00 e. The van der Waals surface area contributed by atoms with Crippen LogP contribution in [-0.4, -0.2) is 58.0 Å². The minimum Gasteiger partial charge on any atom is -0.744 e. The third-order valence-electron chi connectivity index (χ3n) is 5.52. The fraction of sp³-hybridized carbons (Fsp3) is 0.174. The summed E-state index contributed by atoms with van der Waals surface area (Å²) in [5, 5.41) is 51.5. The van der Waals surface area contributed by atoms with Gasteiger partial charge in [0.2, 0.25) is 0 Å². The van der Waals surface area contributed by atoms with Gasteiger partial charge in [0.15, 0.2) is 9.84 Å². The summed E-state index contributed by atoms with van der Waals surface area (Å²) in [5.74, 6) is -0.773. The zero-order chi connectivity index (χ0) is 33.9. The number of carbonyl (C=O) groups is 1. The van der Waals surface area contributed by atoms with Crippen molar-refractivity contribution < 1.29 is 155 Å². The second-order valence-corrected chi connectivity index (χ2v) is 13.4. The first-order valence-corrected chi connectivity index (χ1v) is 16.7. The largest absolute Gasteiger partial charge is 1.00 e. The first-order valence-electron chi connectivity index (χ1n) is 12.1. The quantitative estimate of drug-likeness (QED) is 0.0144. The number of sulfone groups is 1. The van der Waals surface area contributed by atoms with Gasteiger partial charge in [-0.2, -0.15) is 8.67 Å². The van der Waals surface area contributed by atoms with Gasteiger partial charge < -0.3 is 41.3 Å². The number of carbonyl (C=O) groups excluding carboxylic acids is 1. The van der Waals surface area contributed by atoms with Crippen LogP contribution in [0.5, 0.6) is 5.75 Å². The molecule has 19 nitrogen and oxygen atoms in total. The van der Waals surface area contributed by atoms with E-state index in [1.807, 2.05) is 0 Å². The van der Waals surface area contributed by atoms with Crippen LogP contribution in [0, 0.1) is 0 Å². The molecule has 0 saturated heterocycles. The molecule has 0 fully saturated rings. The Balaban J connectivity index is 0. The number of nitrogen functional groups attached to an aromatic ring is 1. The second-order valence-electron chi connectivity index (χ2n) is 8.48. The van der Waals surface area contributed by atoms with E-state index in [1.54, 1.807) is 0 Å². The number of phenolic OH excluding ortho intramolecular Hbond substituents is 1. The molecule has 0 aromatic heterocycles. The number of ether oxygens (including phenoxy) is 1. The first kappa shape index (κ1) is 48.4. The molecular weight excluding hydrogens is 768 g/mol. The van der Waals surface area contributed by atoms with E-state index in [1.165, 1.54) is 24.3 Å². The van der Waals surface area contributed by atoms with E-state index in [9.17, 15) is 41.8 Å². The molecule has 0 aliphatic heterocycles. The standard InChI is InChI=1S/C23H25N5O14S4.3Na.H2/c1-2-45(33,34)8-7-38-6-5-25-23(30)26-14-3-4-16(18(11-14)44-42-40-32)27-28-22-20-13(10-19(21(22)24)46(35,36)37)9-15(12-17(20)29)43-41-39-31;;;;/h2-4,9-12,29,31-32H,1,5-8,24H2,(H2,25,26,30)(H,35,36,37);;;;1H/q;3*+1;/p-3/i;;;;1+2. The van der Waals surface area contributed by atoms with Crippen LogP contribution in [0.25, 0.3) is 10.8 Å². The minimum absolute atomic E-state index is 0. The van der Waals surface area contributed by atoms with Gasteiger partial charge in [0.05, 0.1) is 63.9 Å². The van der Waals surface area contributed by atoms with Crippen molar-refractivity contribution in [3.63, 3.8) is 0 Å². The first-order chi connectivity index (χ1) is 21.8. The van der Waals surface area contributed by atoms with Crippen LogP contribution in [0.2, 0.25) is 0 Å². The summed E-state index contributed by atoms with van der Waals surface area (Å²) in [6.07, 6.45) is 0. The molecule has 0 heterocycles. The third-order valence-corrected chi connectivity index (χ3v) is 8.82. The molecule has 5 N–H and O–H groups in total. The number of nitrogens with zero attached hydrogens (tertiary/aromatic N) is 2. The fourth-order valence-electron chi connectivity index (χ4n) is 3.54. The number of aromatic hydroxyl groups is 1. The molecule has 0 bridgehead atoms. The fourth-order valence-corrected chi connectivity index (χ4v) is 5.61. The molecule has 252 valence electrons. The molecule has 49 heavy (non-hydrogen) atoms. The predicted octanol–water partition coefficient (Wildman–Crippen LogP) is -7.14. The van der Waals surface area contributed by atoms with E-state index in [0.29, 0.717) is 24.1 Å². The van der Waals surface area contributed by atoms with Crippen molar-refractivity contribution in [2.24, 2.45) is 10.2 Å². The summed E-state index contributed by atoms with van der Waals surface area (Å²) in [6, 6.07) is 6.54. The van der Waals surface area contributed by atoms with Gasteiger partial charge in [0, 0.05) is 24.0 Å². The molecule has 2 amide bonds. The van der Waals surface area contributed by atoms with Crippen LogP contribution in [0.1, 0.15) is 1.43 Å². The van der Waals surface area contributed by atoms with Crippen LogP contribution in [0.4, 0.5) is 27.5 Å². The number of nitrogens with one attached hydrogen (secondary N) is 2. The zero-order valence-corrected chi connectivity index (χ0v) is 35.2. The molecule has 0 unspecified atom stereocenters. The molecule has 3 aromatic rings. The van der Waals surface area contributed by atoms with Crippen molar-refractivity contribution >= 4 is 83.6 Å². The maximum absolute atomic E-state index is 12.3. The summed E-state index contributed by atoms with van der Waals surface area (Å²) in [6.45, 7) is 3.14. The van der Waals surface area contributed by atoms with Gasteiger partial charge in [-0.1, -0.05) is 6.58 Å². The van der Waals surface area contributed by atoms with E-state index in [4.69, 9.17) is 10.5 Å². The summed E-state index contributed by atoms with van der Waals surface area (Å²) in [5.41, 5.74) is 5.02. The van der Waals surface area contributed by atoms with E-state index in [2.05, 4.69) is 46.2 Å². The van der Waals surface area contributed by atoms with Crippen LogP contribution < -0.4 is 116 Å². The Morgan fingerprint density at radius 3 is 2.33 bits per heavy atom. The molecule has 0 spiro atoms. The number of phenols is 1. The SMILES string of the molecule is C=CS(=O)(=O)CCOCCNC(=O)Nc1ccc(N=Nc2c(N)c(S(=O)(=O)[O-])cc3cc(SOO[O-])cc(O)c23)c(SOO[O-])c1.[3HH].[Na+].[Na+].[Na+]. The molecule has 26 heteroatoms. The average molecular weight is 794 g/mol. The maximum atomic E-state index is 12.3. The number of rotatable bonds is 17. The van der Waals surface area contributed by atoms with Gasteiger partial charge >= 0.3 is 94.7 Å². The Labute approximate surface area is 355 Å². The predicted molar refractivity (Wildman–Crippen MR) is 159 cm³/mol. The van der Waals surface area contributed by atoms with Gasteiger partial charge in [-0.25, -0.2) is 21.6 Å². The molecule has 3 rings (SSSR count). The monoisotopic (exact) mass is 793 g/mol. The average Bonchev–Trinajstić information content (AvgIpc) is 3.00. The normalized spacial score (nSPS) is 11.3. The van der Waals surface area contributed by atoms with Crippen molar-refractivity contribution in [3.8, 4) is 5.75 Å². The number of amides is 2. The van der Waals surface area contributed by atoms with Crippen molar-refractivity contribution in [1.29, 1.82) is 0 Å². The van der Waals surface area contributed by atoms with Gasteiger partial charge in [-0.15, -0.1) is 10.2 Å². The molecule has 0 radical (unpaired) electrons. The van der Waals surface area contributed by atoms with Crippen LogP contribution in [0.3, 0.4) is 0 Å². The number of anilines is 2. The number of fused-ring (bicyclic) bond motifs is 1.